The Morgan fingerprint density at radius 2 is 2.00 bits per heavy atom. The fourth-order valence-electron chi connectivity index (χ4n) is 1.23. The van der Waals surface area contributed by atoms with Crippen molar-refractivity contribution in [3.63, 3.8) is 0 Å². The highest BCUT2D eigenvalue weighted by Crippen LogP contribution is 2.34. The Morgan fingerprint density at radius 1 is 1.38 bits per heavy atom. The summed E-state index contributed by atoms with van der Waals surface area (Å²) in [6.45, 7) is 0. The SMILES string of the molecule is O=C(CCCl)c1ccc(O)cc1C(F)(F)F. The molecular weight excluding hydrogens is 245 g/mol. The second kappa shape index (κ2) is 4.74. The predicted molar refractivity (Wildman–Crippen MR) is 52.8 cm³/mol. The molecule has 2 nitrogen and oxygen atoms in total. The maximum absolute atomic E-state index is 12.5. The number of aromatic hydroxyl groups is 1. The average molecular weight is 253 g/mol. The van der Waals surface area contributed by atoms with Gasteiger partial charge in [-0.05, 0) is 18.2 Å². The molecule has 0 spiro atoms. The molecule has 16 heavy (non-hydrogen) atoms. The molecule has 0 unspecified atom stereocenters. The molecule has 0 bridgehead atoms. The lowest BCUT2D eigenvalue weighted by atomic mass is 10.0. The molecule has 0 atom stereocenters. The highest BCUT2D eigenvalue weighted by atomic mass is 35.5. The summed E-state index contributed by atoms with van der Waals surface area (Å²) >= 11 is 5.29. The van der Waals surface area contributed by atoms with Gasteiger partial charge in [0.1, 0.15) is 5.75 Å². The Bertz CT molecular complexity index is 402. The van der Waals surface area contributed by atoms with Crippen LogP contribution in [0.5, 0.6) is 5.75 Å². The summed E-state index contributed by atoms with van der Waals surface area (Å²) in [6, 6.07) is 2.52. The van der Waals surface area contributed by atoms with Crippen molar-refractivity contribution < 1.29 is 23.1 Å². The second-order valence-electron chi connectivity index (χ2n) is 3.09. The van der Waals surface area contributed by atoms with Crippen LogP contribution in [0, 0.1) is 0 Å². The van der Waals surface area contributed by atoms with Crippen LogP contribution in [0.2, 0.25) is 0 Å². The summed E-state index contributed by atoms with van der Waals surface area (Å²) in [5.74, 6) is -1.27. The van der Waals surface area contributed by atoms with Gasteiger partial charge in [0, 0.05) is 17.9 Å². The fourth-order valence-corrected chi connectivity index (χ4v) is 1.40. The Kier molecular flexibility index (Phi) is 3.80. The molecule has 0 aromatic heterocycles. The monoisotopic (exact) mass is 252 g/mol. The van der Waals surface area contributed by atoms with Gasteiger partial charge < -0.3 is 5.11 Å². The lowest BCUT2D eigenvalue weighted by Crippen LogP contribution is -2.13. The van der Waals surface area contributed by atoms with Crippen LogP contribution < -0.4 is 0 Å². The zero-order valence-electron chi connectivity index (χ0n) is 8.01. The lowest BCUT2D eigenvalue weighted by Gasteiger charge is -2.11. The number of benzene rings is 1. The molecule has 0 aliphatic carbocycles. The van der Waals surface area contributed by atoms with E-state index in [1.54, 1.807) is 0 Å². The fraction of sp³-hybridized carbons (Fsp3) is 0.300. The van der Waals surface area contributed by atoms with Gasteiger partial charge >= 0.3 is 6.18 Å². The van der Waals surface area contributed by atoms with Crippen LogP contribution in [0.4, 0.5) is 13.2 Å². The van der Waals surface area contributed by atoms with Gasteiger partial charge in [0.25, 0.3) is 0 Å². The first-order valence-corrected chi connectivity index (χ1v) is 4.89. The topological polar surface area (TPSA) is 37.3 Å². The molecule has 0 aliphatic rings. The number of rotatable bonds is 3. The number of phenolic OH excluding ortho intramolecular Hbond substituents is 1. The van der Waals surface area contributed by atoms with E-state index in [1.807, 2.05) is 0 Å². The molecule has 0 fully saturated rings. The zero-order valence-corrected chi connectivity index (χ0v) is 8.77. The maximum Gasteiger partial charge on any atom is 0.417 e. The minimum Gasteiger partial charge on any atom is -0.508 e. The molecule has 0 radical (unpaired) electrons. The van der Waals surface area contributed by atoms with E-state index in [0.717, 1.165) is 12.1 Å². The molecule has 0 saturated heterocycles. The van der Waals surface area contributed by atoms with Crippen molar-refractivity contribution in [2.24, 2.45) is 0 Å². The normalized spacial score (nSPS) is 11.5. The third-order valence-corrected chi connectivity index (χ3v) is 2.12. The van der Waals surface area contributed by atoms with Crippen molar-refractivity contribution in [2.75, 3.05) is 5.88 Å². The first-order chi connectivity index (χ1) is 7.36. The Labute approximate surface area is 94.6 Å². The van der Waals surface area contributed by atoms with Gasteiger partial charge in [0.2, 0.25) is 0 Å². The molecule has 0 saturated carbocycles. The molecule has 0 aliphatic heterocycles. The van der Waals surface area contributed by atoms with Gasteiger partial charge in [-0.25, -0.2) is 0 Å². The number of hydrogen-bond donors (Lipinski definition) is 1. The first-order valence-electron chi connectivity index (χ1n) is 4.35. The number of halogens is 4. The molecule has 0 amide bonds. The summed E-state index contributed by atoms with van der Waals surface area (Å²) in [7, 11) is 0. The molecule has 6 heteroatoms. The molecule has 1 aromatic carbocycles. The zero-order chi connectivity index (χ0) is 12.3. The van der Waals surface area contributed by atoms with Crippen LogP contribution in [0.15, 0.2) is 18.2 Å². The van der Waals surface area contributed by atoms with Crippen molar-refractivity contribution in [1.29, 1.82) is 0 Å². The Hall–Kier alpha value is -1.23. The quantitative estimate of drug-likeness (QED) is 0.662. The van der Waals surface area contributed by atoms with E-state index < -0.39 is 28.8 Å². The summed E-state index contributed by atoms with van der Waals surface area (Å²) in [6.07, 6.45) is -4.84. The van der Waals surface area contributed by atoms with E-state index in [9.17, 15) is 18.0 Å². The van der Waals surface area contributed by atoms with E-state index in [4.69, 9.17) is 16.7 Å². The van der Waals surface area contributed by atoms with Gasteiger partial charge in [-0.1, -0.05) is 0 Å². The van der Waals surface area contributed by atoms with E-state index in [-0.39, 0.29) is 12.3 Å². The molecular formula is C10H8ClF3O2. The molecule has 1 aromatic rings. The summed E-state index contributed by atoms with van der Waals surface area (Å²) in [4.78, 5) is 11.4. The molecule has 1 rings (SSSR count). The number of hydrogen-bond acceptors (Lipinski definition) is 2. The van der Waals surface area contributed by atoms with Crippen molar-refractivity contribution in [1.82, 2.24) is 0 Å². The average Bonchev–Trinajstić information content (AvgIpc) is 2.16. The van der Waals surface area contributed by atoms with Crippen molar-refractivity contribution in [3.05, 3.63) is 29.3 Å². The number of Topliss-reactive ketones (excluding diaryl/α,β-unsaturated/α-hetero) is 1. The maximum atomic E-state index is 12.5. The molecule has 1 N–H and O–H groups in total. The van der Waals surface area contributed by atoms with Crippen LogP contribution in [0.25, 0.3) is 0 Å². The van der Waals surface area contributed by atoms with Crippen molar-refractivity contribution in [2.45, 2.75) is 12.6 Å². The number of ketones is 1. The molecule has 88 valence electrons. The summed E-state index contributed by atoms with van der Waals surface area (Å²) < 4.78 is 37.6. The van der Waals surface area contributed by atoms with Gasteiger partial charge in [-0.2, -0.15) is 13.2 Å². The first kappa shape index (κ1) is 12.8. The Morgan fingerprint density at radius 3 is 2.50 bits per heavy atom. The van der Waals surface area contributed by atoms with Crippen LogP contribution >= 0.6 is 11.6 Å². The third kappa shape index (κ3) is 2.88. The summed E-state index contributed by atoms with van der Waals surface area (Å²) in [5, 5.41) is 8.98. The number of carbonyl (C=O) groups excluding carboxylic acids is 1. The summed E-state index contributed by atoms with van der Waals surface area (Å²) in [5.41, 5.74) is -1.60. The molecule has 0 heterocycles. The number of alkyl halides is 4. The van der Waals surface area contributed by atoms with Crippen LogP contribution in [-0.4, -0.2) is 16.8 Å². The highest BCUT2D eigenvalue weighted by Gasteiger charge is 2.35. The largest absolute Gasteiger partial charge is 0.508 e. The van der Waals surface area contributed by atoms with Crippen LogP contribution in [0.3, 0.4) is 0 Å². The number of carbonyl (C=O) groups is 1. The standard InChI is InChI=1S/C10H8ClF3O2/c11-4-3-9(16)7-2-1-6(15)5-8(7)10(12,13)14/h1-2,5,15H,3-4H2. The Balaban J connectivity index is 3.23. The van der Waals surface area contributed by atoms with Crippen LogP contribution in [-0.2, 0) is 6.18 Å². The van der Waals surface area contributed by atoms with E-state index in [0.29, 0.717) is 6.07 Å². The second-order valence-corrected chi connectivity index (χ2v) is 3.47. The van der Waals surface area contributed by atoms with Crippen molar-refractivity contribution in [3.8, 4) is 5.75 Å². The number of phenols is 1. The minimum absolute atomic E-state index is 0.0446. The highest BCUT2D eigenvalue weighted by molar-refractivity contribution is 6.19. The van der Waals surface area contributed by atoms with E-state index >= 15 is 0 Å². The smallest absolute Gasteiger partial charge is 0.417 e. The van der Waals surface area contributed by atoms with Gasteiger partial charge in [-0.3, -0.25) is 4.79 Å². The third-order valence-electron chi connectivity index (χ3n) is 1.93. The van der Waals surface area contributed by atoms with Crippen molar-refractivity contribution >= 4 is 17.4 Å². The van der Waals surface area contributed by atoms with E-state index in [2.05, 4.69) is 0 Å². The minimum atomic E-state index is -4.67. The van der Waals surface area contributed by atoms with Crippen LogP contribution in [0.1, 0.15) is 22.3 Å². The van der Waals surface area contributed by atoms with Gasteiger partial charge in [-0.15, -0.1) is 11.6 Å². The lowest BCUT2D eigenvalue weighted by molar-refractivity contribution is -0.138. The predicted octanol–water partition coefficient (Wildman–Crippen LogP) is 3.22. The van der Waals surface area contributed by atoms with E-state index in [1.165, 1.54) is 0 Å². The van der Waals surface area contributed by atoms with Gasteiger partial charge in [0.15, 0.2) is 5.78 Å². The van der Waals surface area contributed by atoms with Gasteiger partial charge in [0.05, 0.1) is 5.56 Å².